The van der Waals surface area contributed by atoms with E-state index in [4.69, 9.17) is 0 Å². The van der Waals surface area contributed by atoms with Crippen LogP contribution in [0.25, 0.3) is 10.9 Å². The summed E-state index contributed by atoms with van der Waals surface area (Å²) in [5.74, 6) is -0.179. The number of halogens is 1. The molecule has 1 aromatic heterocycles. The van der Waals surface area contributed by atoms with Crippen molar-refractivity contribution in [3.63, 3.8) is 0 Å². The Morgan fingerprint density at radius 2 is 2.00 bits per heavy atom. The number of benzene rings is 2. The van der Waals surface area contributed by atoms with Crippen LogP contribution in [0.2, 0.25) is 0 Å². The van der Waals surface area contributed by atoms with Gasteiger partial charge >= 0.3 is 0 Å². The smallest absolute Gasteiger partial charge is 0.223 e. The van der Waals surface area contributed by atoms with Gasteiger partial charge in [-0.25, -0.2) is 4.39 Å². The average molecular weight is 324 g/mol. The molecule has 0 saturated heterocycles. The number of carbonyl (C=O) groups excluding carboxylic acids is 1. The second kappa shape index (κ2) is 7.30. The number of hydrogen-bond acceptors (Lipinski definition) is 1. The van der Waals surface area contributed by atoms with E-state index >= 15 is 0 Å². The van der Waals surface area contributed by atoms with Crippen LogP contribution in [0.15, 0.2) is 54.7 Å². The van der Waals surface area contributed by atoms with Gasteiger partial charge in [0.2, 0.25) is 5.91 Å². The largest absolute Gasteiger partial charge is 0.361 e. The van der Waals surface area contributed by atoms with E-state index in [0.29, 0.717) is 25.9 Å². The average Bonchev–Trinajstić information content (AvgIpc) is 3.01. The Balaban J connectivity index is 1.64. The number of hydrogen-bond donors (Lipinski definition) is 1. The minimum Gasteiger partial charge on any atom is -0.361 e. The first-order valence-electron chi connectivity index (χ1n) is 8.24. The first kappa shape index (κ1) is 16.2. The van der Waals surface area contributed by atoms with E-state index in [1.54, 1.807) is 11.0 Å². The van der Waals surface area contributed by atoms with Gasteiger partial charge in [0.1, 0.15) is 5.82 Å². The van der Waals surface area contributed by atoms with E-state index < -0.39 is 0 Å². The molecule has 0 aliphatic rings. The second-order valence-electron chi connectivity index (χ2n) is 5.90. The van der Waals surface area contributed by atoms with Crippen molar-refractivity contribution in [2.75, 3.05) is 6.54 Å². The van der Waals surface area contributed by atoms with Crippen molar-refractivity contribution in [3.05, 3.63) is 71.7 Å². The maximum atomic E-state index is 13.3. The molecule has 0 aliphatic heterocycles. The lowest BCUT2D eigenvalue weighted by molar-refractivity contribution is -0.131. The summed E-state index contributed by atoms with van der Waals surface area (Å²) in [5.41, 5.74) is 3.06. The number of nitrogens with one attached hydrogen (secondary N) is 1. The van der Waals surface area contributed by atoms with Crippen LogP contribution in [-0.2, 0) is 17.8 Å². The van der Waals surface area contributed by atoms with Gasteiger partial charge < -0.3 is 9.88 Å². The van der Waals surface area contributed by atoms with Crippen molar-refractivity contribution in [2.24, 2.45) is 0 Å². The Bertz CT molecular complexity index is 840. The molecule has 0 spiro atoms. The molecule has 1 N–H and O–H groups in total. The monoisotopic (exact) mass is 324 g/mol. The Kier molecular flexibility index (Phi) is 4.94. The predicted octanol–water partition coefficient (Wildman–Crippen LogP) is 4.29. The predicted molar refractivity (Wildman–Crippen MR) is 94.1 cm³/mol. The summed E-state index contributed by atoms with van der Waals surface area (Å²) < 4.78 is 13.3. The fourth-order valence-electron chi connectivity index (χ4n) is 2.97. The van der Waals surface area contributed by atoms with E-state index in [-0.39, 0.29) is 11.7 Å². The summed E-state index contributed by atoms with van der Waals surface area (Å²) in [6.45, 7) is 3.01. The SMILES string of the molecule is CCN(Cc1cccc(F)c1)C(=O)CCc1c[nH]c2ccccc12. The van der Waals surface area contributed by atoms with Crippen LogP contribution >= 0.6 is 0 Å². The zero-order valence-corrected chi connectivity index (χ0v) is 13.8. The summed E-state index contributed by atoms with van der Waals surface area (Å²) >= 11 is 0. The number of amides is 1. The molecule has 24 heavy (non-hydrogen) atoms. The molecule has 3 nitrogen and oxygen atoms in total. The van der Waals surface area contributed by atoms with Crippen LogP contribution in [0.3, 0.4) is 0 Å². The topological polar surface area (TPSA) is 36.1 Å². The normalized spacial score (nSPS) is 10.9. The van der Waals surface area contributed by atoms with Crippen LogP contribution in [0.4, 0.5) is 4.39 Å². The fourth-order valence-corrected chi connectivity index (χ4v) is 2.97. The van der Waals surface area contributed by atoms with Crippen molar-refractivity contribution < 1.29 is 9.18 Å². The van der Waals surface area contributed by atoms with Crippen molar-refractivity contribution >= 4 is 16.8 Å². The van der Waals surface area contributed by atoms with Crippen molar-refractivity contribution in [1.82, 2.24) is 9.88 Å². The molecule has 3 aromatic rings. The van der Waals surface area contributed by atoms with E-state index in [2.05, 4.69) is 11.1 Å². The van der Waals surface area contributed by atoms with Gasteiger partial charge in [-0.1, -0.05) is 30.3 Å². The summed E-state index contributed by atoms with van der Waals surface area (Å²) in [6, 6.07) is 14.5. The summed E-state index contributed by atoms with van der Waals surface area (Å²) in [6.07, 6.45) is 3.12. The zero-order valence-electron chi connectivity index (χ0n) is 13.8. The van der Waals surface area contributed by atoms with Crippen molar-refractivity contribution in [2.45, 2.75) is 26.3 Å². The first-order chi connectivity index (χ1) is 11.7. The third-order valence-electron chi connectivity index (χ3n) is 4.28. The molecule has 3 rings (SSSR count). The van der Waals surface area contributed by atoms with Crippen LogP contribution in [-0.4, -0.2) is 22.3 Å². The molecular weight excluding hydrogens is 303 g/mol. The maximum absolute atomic E-state index is 13.3. The summed E-state index contributed by atoms with van der Waals surface area (Å²) in [5, 5.41) is 1.17. The van der Waals surface area contributed by atoms with Crippen LogP contribution < -0.4 is 0 Å². The molecule has 0 radical (unpaired) electrons. The number of aromatic nitrogens is 1. The lowest BCUT2D eigenvalue weighted by atomic mass is 10.1. The van der Waals surface area contributed by atoms with E-state index in [9.17, 15) is 9.18 Å². The number of fused-ring (bicyclic) bond motifs is 1. The molecule has 124 valence electrons. The van der Waals surface area contributed by atoms with Gasteiger partial charge in [0.25, 0.3) is 0 Å². The summed E-state index contributed by atoms with van der Waals surface area (Å²) in [4.78, 5) is 17.5. The number of rotatable bonds is 6. The van der Waals surface area contributed by atoms with E-state index in [1.807, 2.05) is 37.4 Å². The quantitative estimate of drug-likeness (QED) is 0.721. The van der Waals surface area contributed by atoms with Gasteiger partial charge in [0, 0.05) is 36.6 Å². The number of aromatic amines is 1. The highest BCUT2D eigenvalue weighted by Crippen LogP contribution is 2.19. The molecule has 0 bridgehead atoms. The highest BCUT2D eigenvalue weighted by Gasteiger charge is 2.13. The third kappa shape index (κ3) is 3.65. The zero-order chi connectivity index (χ0) is 16.9. The Morgan fingerprint density at radius 1 is 1.17 bits per heavy atom. The lowest BCUT2D eigenvalue weighted by Crippen LogP contribution is -2.30. The van der Waals surface area contributed by atoms with Crippen molar-refractivity contribution in [1.29, 1.82) is 0 Å². The third-order valence-corrected chi connectivity index (χ3v) is 4.28. The molecule has 1 amide bonds. The Hall–Kier alpha value is -2.62. The van der Waals surface area contributed by atoms with Gasteiger partial charge in [0.05, 0.1) is 0 Å². The molecule has 0 aliphatic carbocycles. The Labute approximate surface area is 141 Å². The molecule has 0 atom stereocenters. The molecule has 2 aromatic carbocycles. The second-order valence-corrected chi connectivity index (χ2v) is 5.90. The molecule has 0 unspecified atom stereocenters. The van der Waals surface area contributed by atoms with Gasteiger partial charge in [-0.3, -0.25) is 4.79 Å². The van der Waals surface area contributed by atoms with Gasteiger partial charge in [0.15, 0.2) is 0 Å². The number of carbonyl (C=O) groups is 1. The van der Waals surface area contributed by atoms with Crippen LogP contribution in [0, 0.1) is 5.82 Å². The highest BCUT2D eigenvalue weighted by molar-refractivity contribution is 5.84. The van der Waals surface area contributed by atoms with E-state index in [0.717, 1.165) is 16.6 Å². The highest BCUT2D eigenvalue weighted by atomic mass is 19.1. The number of para-hydroxylation sites is 1. The first-order valence-corrected chi connectivity index (χ1v) is 8.24. The lowest BCUT2D eigenvalue weighted by Gasteiger charge is -2.21. The summed E-state index contributed by atoms with van der Waals surface area (Å²) in [7, 11) is 0. The molecule has 4 heteroatoms. The van der Waals surface area contributed by atoms with Crippen LogP contribution in [0.1, 0.15) is 24.5 Å². The standard InChI is InChI=1S/C20H21FN2O/c1-2-23(14-15-6-5-7-17(21)12-15)20(24)11-10-16-13-22-19-9-4-3-8-18(16)19/h3-9,12-13,22H,2,10-11,14H2,1H3. The number of aryl methyl sites for hydroxylation is 1. The van der Waals surface area contributed by atoms with Gasteiger partial charge in [-0.15, -0.1) is 0 Å². The van der Waals surface area contributed by atoms with Crippen molar-refractivity contribution in [3.8, 4) is 0 Å². The van der Waals surface area contributed by atoms with E-state index in [1.165, 1.54) is 17.5 Å². The molecule has 1 heterocycles. The minimum absolute atomic E-state index is 0.0899. The van der Waals surface area contributed by atoms with Crippen LogP contribution in [0.5, 0.6) is 0 Å². The van der Waals surface area contributed by atoms with Gasteiger partial charge in [-0.05, 0) is 42.7 Å². The molecule has 0 fully saturated rings. The molecule has 0 saturated carbocycles. The maximum Gasteiger partial charge on any atom is 0.223 e. The minimum atomic E-state index is -0.269. The molecular formula is C20H21FN2O. The number of H-pyrrole nitrogens is 1. The fraction of sp³-hybridized carbons (Fsp3) is 0.250. The number of nitrogens with zero attached hydrogens (tertiary/aromatic N) is 1. The Morgan fingerprint density at radius 3 is 2.79 bits per heavy atom. The van der Waals surface area contributed by atoms with Gasteiger partial charge in [-0.2, -0.15) is 0 Å².